The van der Waals surface area contributed by atoms with Crippen LogP contribution in [0.5, 0.6) is 0 Å². The van der Waals surface area contributed by atoms with Crippen molar-refractivity contribution in [2.45, 2.75) is 25.8 Å². The first-order chi connectivity index (χ1) is 17.5. The number of anilines is 2. The minimum atomic E-state index is -0.301. The third-order valence-electron chi connectivity index (χ3n) is 6.36. The van der Waals surface area contributed by atoms with Gasteiger partial charge in [-0.2, -0.15) is 0 Å². The number of nitrogens with zero attached hydrogens (tertiary/aromatic N) is 6. The Morgan fingerprint density at radius 2 is 2.06 bits per heavy atom. The minimum Gasteiger partial charge on any atom is -0.346 e. The van der Waals surface area contributed by atoms with Gasteiger partial charge in [0.1, 0.15) is 23.4 Å². The number of aromatic amines is 1. The number of rotatable bonds is 5. The zero-order valence-corrected chi connectivity index (χ0v) is 20.6. The van der Waals surface area contributed by atoms with E-state index in [0.29, 0.717) is 45.5 Å². The molecule has 1 fully saturated rings. The predicted octanol–water partition coefficient (Wildman–Crippen LogP) is 4.32. The first kappa shape index (κ1) is 23.6. The number of aromatic nitrogens is 4. The monoisotopic (exact) mass is 501 g/mol. The summed E-state index contributed by atoms with van der Waals surface area (Å²) in [5.41, 5.74) is 2.89. The van der Waals surface area contributed by atoms with E-state index in [-0.39, 0.29) is 11.6 Å². The lowest BCUT2D eigenvalue weighted by atomic mass is 10.1. The van der Waals surface area contributed by atoms with Crippen molar-refractivity contribution in [2.75, 3.05) is 23.4 Å². The molecule has 1 N–H and O–H groups in total. The van der Waals surface area contributed by atoms with E-state index >= 15 is 0 Å². The summed E-state index contributed by atoms with van der Waals surface area (Å²) >= 11 is 6.31. The fourth-order valence-corrected chi connectivity index (χ4v) is 4.82. The zero-order valence-electron chi connectivity index (χ0n) is 19.8. The number of aliphatic imine (C=N–C) groups is 1. The summed E-state index contributed by atoms with van der Waals surface area (Å²) in [5, 5.41) is 0.673. The highest BCUT2D eigenvalue weighted by Crippen LogP contribution is 2.32. The Bertz CT molecular complexity index is 1530. The quantitative estimate of drug-likeness (QED) is 0.246. The van der Waals surface area contributed by atoms with Crippen molar-refractivity contribution in [3.8, 4) is 0 Å². The van der Waals surface area contributed by atoms with Gasteiger partial charge < -0.3 is 14.8 Å². The topological polar surface area (TPSA) is 107 Å². The molecule has 0 spiro atoms. The van der Waals surface area contributed by atoms with Crippen molar-refractivity contribution < 1.29 is 4.79 Å². The second kappa shape index (κ2) is 9.87. The molecule has 1 saturated heterocycles. The number of aldehydes is 1. The molecule has 182 valence electrons. The summed E-state index contributed by atoms with van der Waals surface area (Å²) in [6.45, 7) is 2.70. The van der Waals surface area contributed by atoms with Gasteiger partial charge in [0.05, 0.1) is 28.6 Å². The predicted molar refractivity (Wildman–Crippen MR) is 142 cm³/mol. The normalized spacial score (nSPS) is 15.9. The second-order valence-electron chi connectivity index (χ2n) is 8.64. The molecule has 4 aromatic rings. The third kappa shape index (κ3) is 4.33. The van der Waals surface area contributed by atoms with Crippen molar-refractivity contribution in [1.29, 1.82) is 0 Å². The van der Waals surface area contributed by atoms with E-state index < -0.39 is 0 Å². The molecule has 5 rings (SSSR count). The van der Waals surface area contributed by atoms with Gasteiger partial charge in [0, 0.05) is 19.3 Å². The SMILES string of the molecule is Cc1cccc(N(C)C(=Nc2cccc(Cl)c2C=O)[C@@H]2CCCN2c2ncnc3nc[nH]c(=O)c23)c1. The van der Waals surface area contributed by atoms with Gasteiger partial charge in [0.15, 0.2) is 11.9 Å². The highest BCUT2D eigenvalue weighted by molar-refractivity contribution is 6.33. The number of fused-ring (bicyclic) bond motifs is 1. The molecule has 2 aromatic carbocycles. The lowest BCUT2D eigenvalue weighted by Crippen LogP contribution is -2.45. The molecular formula is C26H24ClN7O2. The maximum absolute atomic E-state index is 12.7. The van der Waals surface area contributed by atoms with E-state index in [2.05, 4.69) is 30.9 Å². The molecule has 10 heteroatoms. The summed E-state index contributed by atoms with van der Waals surface area (Å²) in [5.74, 6) is 1.21. The number of carbonyl (C=O) groups is 1. The van der Waals surface area contributed by atoms with Crippen LogP contribution in [-0.4, -0.2) is 51.7 Å². The molecule has 0 saturated carbocycles. The number of nitrogens with one attached hydrogen (secondary N) is 1. The molecule has 1 aliphatic heterocycles. The number of benzene rings is 2. The number of aryl methyl sites for hydroxylation is 1. The average Bonchev–Trinajstić information content (AvgIpc) is 3.36. The van der Waals surface area contributed by atoms with E-state index in [4.69, 9.17) is 16.6 Å². The largest absolute Gasteiger partial charge is 0.346 e. The Kier molecular flexibility index (Phi) is 6.47. The number of halogens is 1. The zero-order chi connectivity index (χ0) is 25.2. The van der Waals surface area contributed by atoms with Crippen LogP contribution in [0, 0.1) is 6.92 Å². The van der Waals surface area contributed by atoms with E-state index in [1.807, 2.05) is 37.1 Å². The standard InChI is InChI=1S/C26H24ClN7O2/c1-16-6-3-7-17(12-16)33(2)24(32-20-9-4-8-19(27)18(20)13-35)21-10-5-11-34(21)25-22-23(28-14-30-25)29-15-31-26(22)36/h3-4,6-9,12-15,21H,5,10-11H2,1-2H3,(H,28,29,30,31,36)/t21-/m0/s1. The number of carbonyl (C=O) groups excluding carboxylic acids is 1. The van der Waals surface area contributed by atoms with Crippen molar-refractivity contribution in [3.05, 3.63) is 81.6 Å². The van der Waals surface area contributed by atoms with Crippen LogP contribution in [0.2, 0.25) is 5.02 Å². The van der Waals surface area contributed by atoms with Crippen molar-refractivity contribution in [3.63, 3.8) is 0 Å². The Morgan fingerprint density at radius 1 is 1.22 bits per heavy atom. The van der Waals surface area contributed by atoms with Crippen molar-refractivity contribution >= 4 is 51.9 Å². The molecule has 0 bridgehead atoms. The van der Waals surface area contributed by atoms with Gasteiger partial charge in [-0.15, -0.1) is 0 Å². The number of hydrogen-bond acceptors (Lipinski definition) is 7. The van der Waals surface area contributed by atoms with Gasteiger partial charge >= 0.3 is 0 Å². The van der Waals surface area contributed by atoms with E-state index in [1.165, 1.54) is 12.7 Å². The van der Waals surface area contributed by atoms with Crippen LogP contribution >= 0.6 is 11.6 Å². The fourth-order valence-electron chi connectivity index (χ4n) is 4.60. The first-order valence-corrected chi connectivity index (χ1v) is 11.9. The smallest absolute Gasteiger partial charge is 0.263 e. The van der Waals surface area contributed by atoms with Gasteiger partial charge in [-0.3, -0.25) is 9.59 Å². The van der Waals surface area contributed by atoms with E-state index in [0.717, 1.165) is 30.4 Å². The molecule has 1 aliphatic rings. The number of amidine groups is 1. The molecular weight excluding hydrogens is 478 g/mol. The Labute approximate surface area is 212 Å². The van der Waals surface area contributed by atoms with Gasteiger partial charge in [0.25, 0.3) is 5.56 Å². The van der Waals surface area contributed by atoms with Gasteiger partial charge in [-0.25, -0.2) is 19.9 Å². The van der Waals surface area contributed by atoms with Crippen LogP contribution in [0.4, 0.5) is 17.2 Å². The van der Waals surface area contributed by atoms with Gasteiger partial charge in [0.2, 0.25) is 0 Å². The van der Waals surface area contributed by atoms with Crippen LogP contribution in [0.15, 0.2) is 64.9 Å². The van der Waals surface area contributed by atoms with Crippen LogP contribution < -0.4 is 15.4 Å². The molecule has 3 heterocycles. The van der Waals surface area contributed by atoms with Gasteiger partial charge in [-0.05, 0) is 49.6 Å². The van der Waals surface area contributed by atoms with Crippen molar-refractivity contribution in [1.82, 2.24) is 19.9 Å². The molecule has 0 aliphatic carbocycles. The molecule has 0 radical (unpaired) electrons. The molecule has 0 unspecified atom stereocenters. The number of hydrogen-bond donors (Lipinski definition) is 1. The summed E-state index contributed by atoms with van der Waals surface area (Å²) in [6.07, 6.45) is 5.12. The molecule has 9 nitrogen and oxygen atoms in total. The average molecular weight is 502 g/mol. The Balaban J connectivity index is 1.69. The molecule has 2 aromatic heterocycles. The van der Waals surface area contributed by atoms with Crippen molar-refractivity contribution in [2.24, 2.45) is 4.99 Å². The highest BCUT2D eigenvalue weighted by Gasteiger charge is 2.34. The highest BCUT2D eigenvalue weighted by atomic mass is 35.5. The summed E-state index contributed by atoms with van der Waals surface area (Å²) < 4.78 is 0. The Morgan fingerprint density at radius 3 is 2.86 bits per heavy atom. The summed E-state index contributed by atoms with van der Waals surface area (Å²) in [6, 6.07) is 13.1. The molecule has 1 atom stereocenters. The van der Waals surface area contributed by atoms with Crippen LogP contribution in [0.25, 0.3) is 11.0 Å². The lowest BCUT2D eigenvalue weighted by molar-refractivity contribution is 0.112. The first-order valence-electron chi connectivity index (χ1n) is 11.6. The molecule has 0 amide bonds. The number of likely N-dealkylation sites (N-methyl/N-ethyl adjacent to an activating group) is 1. The van der Waals surface area contributed by atoms with E-state index in [1.54, 1.807) is 18.2 Å². The molecule has 36 heavy (non-hydrogen) atoms. The van der Waals surface area contributed by atoms with Crippen LogP contribution in [0.1, 0.15) is 28.8 Å². The Hall–Kier alpha value is -4.11. The lowest BCUT2D eigenvalue weighted by Gasteiger charge is -2.32. The van der Waals surface area contributed by atoms with Gasteiger partial charge in [-0.1, -0.05) is 29.8 Å². The van der Waals surface area contributed by atoms with Crippen LogP contribution in [-0.2, 0) is 0 Å². The summed E-state index contributed by atoms with van der Waals surface area (Å²) in [7, 11) is 1.95. The van der Waals surface area contributed by atoms with E-state index in [9.17, 15) is 9.59 Å². The second-order valence-corrected chi connectivity index (χ2v) is 9.04. The minimum absolute atomic E-state index is 0.230. The fraction of sp³-hybridized carbons (Fsp3) is 0.231. The third-order valence-corrected chi connectivity index (χ3v) is 6.68. The van der Waals surface area contributed by atoms with Crippen LogP contribution in [0.3, 0.4) is 0 Å². The summed E-state index contributed by atoms with van der Waals surface area (Å²) in [4.78, 5) is 49.2. The maximum Gasteiger partial charge on any atom is 0.263 e. The maximum atomic E-state index is 12.7. The number of H-pyrrole nitrogens is 1.